The number of hydrogen-bond donors (Lipinski definition) is 2. The molecule has 0 saturated carbocycles. The van der Waals surface area contributed by atoms with E-state index in [9.17, 15) is 4.79 Å². The molecule has 1 amide bonds. The van der Waals surface area contributed by atoms with Gasteiger partial charge >= 0.3 is 0 Å². The van der Waals surface area contributed by atoms with Gasteiger partial charge in [-0.1, -0.05) is 0 Å². The van der Waals surface area contributed by atoms with E-state index in [0.29, 0.717) is 19.2 Å². The van der Waals surface area contributed by atoms with Crippen LogP contribution < -0.4 is 10.6 Å². The van der Waals surface area contributed by atoms with Crippen LogP contribution in [0.2, 0.25) is 0 Å². The summed E-state index contributed by atoms with van der Waals surface area (Å²) < 4.78 is 10.4. The zero-order valence-electron chi connectivity index (χ0n) is 9.94. The Balaban J connectivity index is 1.71. The Morgan fingerprint density at radius 1 is 1.65 bits per heavy atom. The van der Waals surface area contributed by atoms with Gasteiger partial charge in [0, 0.05) is 12.6 Å². The summed E-state index contributed by atoms with van der Waals surface area (Å²) in [5.74, 6) is 0.739. The molecule has 5 nitrogen and oxygen atoms in total. The molecule has 1 aromatic rings. The monoisotopic (exact) mass is 238 g/mol. The average molecular weight is 238 g/mol. The molecule has 0 radical (unpaired) electrons. The highest BCUT2D eigenvalue weighted by Gasteiger charge is 2.21. The highest BCUT2D eigenvalue weighted by atomic mass is 16.5. The molecule has 0 spiro atoms. The Bertz CT molecular complexity index is 345. The van der Waals surface area contributed by atoms with E-state index in [2.05, 4.69) is 10.6 Å². The number of rotatable bonds is 5. The predicted octanol–water partition coefficient (Wildman–Crippen LogP) is 0.663. The topological polar surface area (TPSA) is 63.5 Å². The highest BCUT2D eigenvalue weighted by Crippen LogP contribution is 2.04. The summed E-state index contributed by atoms with van der Waals surface area (Å²) in [7, 11) is 0. The standard InChI is InChI=1S/C12H18N2O3/c1-9(14-10-4-6-16-8-10)12(15)13-7-11-3-2-5-17-11/h2-3,5,9-10,14H,4,6-8H2,1H3,(H,13,15). The number of carbonyl (C=O) groups is 1. The molecule has 5 heteroatoms. The molecule has 1 fully saturated rings. The Kier molecular flexibility index (Phi) is 4.17. The Morgan fingerprint density at radius 2 is 2.53 bits per heavy atom. The van der Waals surface area contributed by atoms with Crippen LogP contribution in [0.1, 0.15) is 19.1 Å². The fourth-order valence-corrected chi connectivity index (χ4v) is 1.84. The third-order valence-corrected chi connectivity index (χ3v) is 2.83. The van der Waals surface area contributed by atoms with Crippen molar-refractivity contribution < 1.29 is 13.9 Å². The van der Waals surface area contributed by atoms with Gasteiger partial charge in [0.1, 0.15) is 5.76 Å². The third kappa shape index (κ3) is 3.57. The van der Waals surface area contributed by atoms with Crippen molar-refractivity contribution in [1.29, 1.82) is 0 Å². The number of amides is 1. The van der Waals surface area contributed by atoms with Crippen LogP contribution >= 0.6 is 0 Å². The minimum Gasteiger partial charge on any atom is -0.467 e. The van der Waals surface area contributed by atoms with E-state index >= 15 is 0 Å². The summed E-state index contributed by atoms with van der Waals surface area (Å²) in [6, 6.07) is 3.72. The van der Waals surface area contributed by atoms with Gasteiger partial charge in [0.2, 0.25) is 5.91 Å². The summed E-state index contributed by atoms with van der Waals surface area (Å²) >= 11 is 0. The largest absolute Gasteiger partial charge is 0.467 e. The van der Waals surface area contributed by atoms with Crippen molar-refractivity contribution in [2.45, 2.75) is 32.0 Å². The quantitative estimate of drug-likeness (QED) is 0.791. The molecular weight excluding hydrogens is 220 g/mol. The zero-order chi connectivity index (χ0) is 12.1. The molecule has 0 aromatic carbocycles. The molecule has 2 N–H and O–H groups in total. The SMILES string of the molecule is CC(NC1CCOC1)C(=O)NCc1ccco1. The highest BCUT2D eigenvalue weighted by molar-refractivity contribution is 5.81. The Labute approximate surface area is 101 Å². The van der Waals surface area contributed by atoms with Crippen LogP contribution in [0, 0.1) is 0 Å². The fraction of sp³-hybridized carbons (Fsp3) is 0.583. The summed E-state index contributed by atoms with van der Waals surface area (Å²) in [4.78, 5) is 11.8. The molecule has 1 aromatic heterocycles. The number of nitrogens with one attached hydrogen (secondary N) is 2. The van der Waals surface area contributed by atoms with E-state index in [-0.39, 0.29) is 11.9 Å². The summed E-state index contributed by atoms with van der Waals surface area (Å²) in [5, 5.41) is 6.06. The molecule has 17 heavy (non-hydrogen) atoms. The van der Waals surface area contributed by atoms with Crippen molar-refractivity contribution in [2.24, 2.45) is 0 Å². The first-order valence-corrected chi connectivity index (χ1v) is 5.89. The molecule has 0 aliphatic carbocycles. The van der Waals surface area contributed by atoms with Crippen LogP contribution in [0.15, 0.2) is 22.8 Å². The maximum Gasteiger partial charge on any atom is 0.237 e. The average Bonchev–Trinajstić information content (AvgIpc) is 2.98. The first kappa shape index (κ1) is 12.1. The van der Waals surface area contributed by atoms with E-state index < -0.39 is 0 Å². The van der Waals surface area contributed by atoms with Gasteiger partial charge < -0.3 is 19.8 Å². The van der Waals surface area contributed by atoms with E-state index in [4.69, 9.17) is 9.15 Å². The minimum atomic E-state index is -0.211. The van der Waals surface area contributed by atoms with Crippen molar-refractivity contribution in [3.63, 3.8) is 0 Å². The number of carbonyl (C=O) groups excluding carboxylic acids is 1. The van der Waals surface area contributed by atoms with Gasteiger partial charge in [0.15, 0.2) is 0 Å². The van der Waals surface area contributed by atoms with Crippen LogP contribution in [-0.4, -0.2) is 31.2 Å². The number of ether oxygens (including phenoxy) is 1. The van der Waals surface area contributed by atoms with Crippen LogP contribution in [0.4, 0.5) is 0 Å². The first-order chi connectivity index (χ1) is 8.25. The molecule has 1 aliphatic heterocycles. The van der Waals surface area contributed by atoms with Gasteiger partial charge in [-0.3, -0.25) is 4.79 Å². The van der Waals surface area contributed by atoms with Gasteiger partial charge in [-0.05, 0) is 25.5 Å². The van der Waals surface area contributed by atoms with Gasteiger partial charge in [0.25, 0.3) is 0 Å². The predicted molar refractivity (Wildman–Crippen MR) is 62.4 cm³/mol. The van der Waals surface area contributed by atoms with Gasteiger partial charge in [-0.25, -0.2) is 0 Å². The summed E-state index contributed by atoms with van der Waals surface area (Å²) in [6.07, 6.45) is 2.56. The molecule has 0 bridgehead atoms. The molecular formula is C12H18N2O3. The molecule has 1 saturated heterocycles. The second kappa shape index (κ2) is 5.84. The van der Waals surface area contributed by atoms with Gasteiger partial charge in [0.05, 0.1) is 25.5 Å². The van der Waals surface area contributed by atoms with Gasteiger partial charge in [-0.15, -0.1) is 0 Å². The van der Waals surface area contributed by atoms with Crippen molar-refractivity contribution in [3.05, 3.63) is 24.2 Å². The van der Waals surface area contributed by atoms with E-state index in [1.165, 1.54) is 0 Å². The second-order valence-electron chi connectivity index (χ2n) is 4.25. The normalized spacial score (nSPS) is 21.4. The summed E-state index contributed by atoms with van der Waals surface area (Å²) in [6.45, 7) is 3.75. The fourth-order valence-electron chi connectivity index (χ4n) is 1.84. The molecule has 2 atom stereocenters. The smallest absolute Gasteiger partial charge is 0.237 e. The van der Waals surface area contributed by atoms with E-state index in [1.807, 2.05) is 13.0 Å². The first-order valence-electron chi connectivity index (χ1n) is 5.89. The van der Waals surface area contributed by atoms with Crippen LogP contribution in [0.3, 0.4) is 0 Å². The van der Waals surface area contributed by atoms with Gasteiger partial charge in [-0.2, -0.15) is 0 Å². The molecule has 2 unspecified atom stereocenters. The lowest BCUT2D eigenvalue weighted by molar-refractivity contribution is -0.123. The van der Waals surface area contributed by atoms with Crippen molar-refractivity contribution >= 4 is 5.91 Å². The molecule has 2 heterocycles. The number of furan rings is 1. The third-order valence-electron chi connectivity index (χ3n) is 2.83. The van der Waals surface area contributed by atoms with E-state index in [1.54, 1.807) is 12.3 Å². The maximum atomic E-state index is 11.8. The van der Waals surface area contributed by atoms with Crippen LogP contribution in [-0.2, 0) is 16.1 Å². The van der Waals surface area contributed by atoms with Crippen LogP contribution in [0.5, 0.6) is 0 Å². The van der Waals surface area contributed by atoms with Crippen molar-refractivity contribution in [3.8, 4) is 0 Å². The maximum absolute atomic E-state index is 11.8. The molecule has 2 rings (SSSR count). The molecule has 94 valence electrons. The minimum absolute atomic E-state index is 0.0201. The lowest BCUT2D eigenvalue weighted by atomic mass is 10.2. The summed E-state index contributed by atoms with van der Waals surface area (Å²) in [5.41, 5.74) is 0. The Hall–Kier alpha value is -1.33. The lowest BCUT2D eigenvalue weighted by Gasteiger charge is -2.17. The lowest BCUT2D eigenvalue weighted by Crippen LogP contribution is -2.46. The van der Waals surface area contributed by atoms with E-state index in [0.717, 1.165) is 18.8 Å². The van der Waals surface area contributed by atoms with Crippen LogP contribution in [0.25, 0.3) is 0 Å². The molecule has 1 aliphatic rings. The van der Waals surface area contributed by atoms with Crippen molar-refractivity contribution in [1.82, 2.24) is 10.6 Å². The van der Waals surface area contributed by atoms with Crippen molar-refractivity contribution in [2.75, 3.05) is 13.2 Å². The number of hydrogen-bond acceptors (Lipinski definition) is 4. The Morgan fingerprint density at radius 3 is 3.18 bits per heavy atom. The second-order valence-corrected chi connectivity index (χ2v) is 4.25. The zero-order valence-corrected chi connectivity index (χ0v) is 9.94.